The van der Waals surface area contributed by atoms with Crippen LogP contribution in [0.15, 0.2) is 18.2 Å². The lowest BCUT2D eigenvalue weighted by atomic mass is 10.1. The predicted octanol–water partition coefficient (Wildman–Crippen LogP) is 2.17. The molecule has 0 aliphatic carbocycles. The molecule has 1 heterocycles. The van der Waals surface area contributed by atoms with E-state index in [4.69, 9.17) is 16.9 Å². The van der Waals surface area contributed by atoms with Gasteiger partial charge in [-0.3, -0.25) is 0 Å². The molecule has 2 rings (SSSR count). The molecule has 0 bridgehead atoms. The third kappa shape index (κ3) is 2.29. The summed E-state index contributed by atoms with van der Waals surface area (Å²) in [5, 5.41) is 18.7. The number of piperidine rings is 1. The van der Waals surface area contributed by atoms with Crippen LogP contribution in [0, 0.1) is 11.3 Å². The molecule has 16 heavy (non-hydrogen) atoms. The van der Waals surface area contributed by atoms with Crippen molar-refractivity contribution in [3.63, 3.8) is 0 Å². The highest BCUT2D eigenvalue weighted by Gasteiger charge is 2.17. The van der Waals surface area contributed by atoms with Crippen LogP contribution in [-0.2, 0) is 0 Å². The van der Waals surface area contributed by atoms with Gasteiger partial charge in [-0.15, -0.1) is 0 Å². The standard InChI is InChI=1S/C12H13ClN2O/c13-12-7-10(2-1-9(12)8-14)15-5-3-11(16)4-6-15/h1-2,7,11,16H,3-6H2. The Morgan fingerprint density at radius 3 is 2.62 bits per heavy atom. The molecule has 0 unspecified atom stereocenters. The van der Waals surface area contributed by atoms with Crippen molar-refractivity contribution in [2.75, 3.05) is 18.0 Å². The van der Waals surface area contributed by atoms with Gasteiger partial charge in [-0.25, -0.2) is 0 Å². The molecule has 0 amide bonds. The lowest BCUT2D eigenvalue weighted by Crippen LogP contribution is -2.35. The maximum Gasteiger partial charge on any atom is 0.101 e. The second-order valence-electron chi connectivity index (χ2n) is 3.99. The number of anilines is 1. The predicted molar refractivity (Wildman–Crippen MR) is 63.6 cm³/mol. The second-order valence-corrected chi connectivity index (χ2v) is 4.40. The van der Waals surface area contributed by atoms with Crippen molar-refractivity contribution in [3.05, 3.63) is 28.8 Å². The van der Waals surface area contributed by atoms with E-state index in [0.29, 0.717) is 10.6 Å². The van der Waals surface area contributed by atoms with Gasteiger partial charge < -0.3 is 10.0 Å². The number of rotatable bonds is 1. The third-order valence-electron chi connectivity index (χ3n) is 2.90. The molecule has 0 aromatic heterocycles. The van der Waals surface area contributed by atoms with Gasteiger partial charge in [-0.1, -0.05) is 11.6 Å². The van der Waals surface area contributed by atoms with E-state index >= 15 is 0 Å². The van der Waals surface area contributed by atoms with Crippen LogP contribution < -0.4 is 4.90 Å². The number of hydrogen-bond acceptors (Lipinski definition) is 3. The van der Waals surface area contributed by atoms with Gasteiger partial charge in [0.2, 0.25) is 0 Å². The van der Waals surface area contributed by atoms with Crippen LogP contribution in [0.4, 0.5) is 5.69 Å². The highest BCUT2D eigenvalue weighted by atomic mass is 35.5. The Morgan fingerprint density at radius 2 is 2.06 bits per heavy atom. The van der Waals surface area contributed by atoms with Crippen LogP contribution in [0.2, 0.25) is 5.02 Å². The molecule has 1 aromatic carbocycles. The molecule has 84 valence electrons. The topological polar surface area (TPSA) is 47.3 Å². The summed E-state index contributed by atoms with van der Waals surface area (Å²) in [7, 11) is 0. The van der Waals surface area contributed by atoms with E-state index in [2.05, 4.69) is 4.90 Å². The Labute approximate surface area is 99.9 Å². The van der Waals surface area contributed by atoms with E-state index in [1.54, 1.807) is 6.07 Å². The van der Waals surface area contributed by atoms with Crippen molar-refractivity contribution in [1.29, 1.82) is 5.26 Å². The monoisotopic (exact) mass is 236 g/mol. The fourth-order valence-electron chi connectivity index (χ4n) is 1.92. The summed E-state index contributed by atoms with van der Waals surface area (Å²) >= 11 is 5.98. The van der Waals surface area contributed by atoms with Crippen molar-refractivity contribution in [1.82, 2.24) is 0 Å². The molecule has 0 saturated carbocycles. The molecule has 1 aliphatic heterocycles. The molecular weight excluding hydrogens is 224 g/mol. The van der Waals surface area contributed by atoms with Crippen molar-refractivity contribution in [3.8, 4) is 6.07 Å². The molecule has 4 heteroatoms. The average Bonchev–Trinajstić information content (AvgIpc) is 2.30. The first-order chi connectivity index (χ1) is 7.70. The van der Waals surface area contributed by atoms with Crippen molar-refractivity contribution >= 4 is 17.3 Å². The van der Waals surface area contributed by atoms with Crippen molar-refractivity contribution in [2.24, 2.45) is 0 Å². The Bertz CT molecular complexity index is 420. The second kappa shape index (κ2) is 4.73. The molecular formula is C12H13ClN2O. The SMILES string of the molecule is N#Cc1ccc(N2CCC(O)CC2)cc1Cl. The Hall–Kier alpha value is -1.24. The number of aliphatic hydroxyl groups excluding tert-OH is 1. The van der Waals surface area contributed by atoms with Gasteiger partial charge >= 0.3 is 0 Å². The number of nitriles is 1. The van der Waals surface area contributed by atoms with Crippen molar-refractivity contribution in [2.45, 2.75) is 18.9 Å². The molecule has 1 saturated heterocycles. The van der Waals surface area contributed by atoms with E-state index in [9.17, 15) is 5.11 Å². The van der Waals surface area contributed by atoms with Crippen LogP contribution in [0.1, 0.15) is 18.4 Å². The fourth-order valence-corrected chi connectivity index (χ4v) is 2.13. The van der Waals surface area contributed by atoms with E-state index in [0.717, 1.165) is 31.6 Å². The zero-order valence-corrected chi connectivity index (χ0v) is 9.61. The van der Waals surface area contributed by atoms with Crippen molar-refractivity contribution < 1.29 is 5.11 Å². The number of benzene rings is 1. The maximum atomic E-state index is 9.41. The lowest BCUT2D eigenvalue weighted by Gasteiger charge is -2.31. The number of hydrogen-bond donors (Lipinski definition) is 1. The van der Waals surface area contributed by atoms with Gasteiger partial charge in [-0.2, -0.15) is 5.26 Å². The van der Waals surface area contributed by atoms with Crippen LogP contribution >= 0.6 is 11.6 Å². The molecule has 1 fully saturated rings. The summed E-state index contributed by atoms with van der Waals surface area (Å²) in [5.74, 6) is 0. The number of halogens is 1. The van der Waals surface area contributed by atoms with Gasteiger partial charge in [0.15, 0.2) is 0 Å². The first kappa shape index (κ1) is 11.3. The van der Waals surface area contributed by atoms with E-state index < -0.39 is 0 Å². The zero-order valence-electron chi connectivity index (χ0n) is 8.86. The van der Waals surface area contributed by atoms with Gasteiger partial charge in [0.25, 0.3) is 0 Å². The maximum absolute atomic E-state index is 9.41. The lowest BCUT2D eigenvalue weighted by molar-refractivity contribution is 0.145. The third-order valence-corrected chi connectivity index (χ3v) is 3.22. The smallest absolute Gasteiger partial charge is 0.101 e. The average molecular weight is 237 g/mol. The van der Waals surface area contributed by atoms with Crippen LogP contribution in [0.25, 0.3) is 0 Å². The summed E-state index contributed by atoms with van der Waals surface area (Å²) < 4.78 is 0. The molecule has 0 spiro atoms. The van der Waals surface area contributed by atoms with E-state index in [1.165, 1.54) is 0 Å². The fraction of sp³-hybridized carbons (Fsp3) is 0.417. The summed E-state index contributed by atoms with van der Waals surface area (Å²) in [6.45, 7) is 1.67. The quantitative estimate of drug-likeness (QED) is 0.813. The minimum atomic E-state index is -0.176. The summed E-state index contributed by atoms with van der Waals surface area (Å²) in [6, 6.07) is 7.50. The highest BCUT2D eigenvalue weighted by Crippen LogP contribution is 2.25. The molecule has 1 N–H and O–H groups in total. The highest BCUT2D eigenvalue weighted by molar-refractivity contribution is 6.32. The van der Waals surface area contributed by atoms with E-state index in [-0.39, 0.29) is 6.10 Å². The van der Waals surface area contributed by atoms with E-state index in [1.807, 2.05) is 18.2 Å². The molecule has 3 nitrogen and oxygen atoms in total. The minimum absolute atomic E-state index is 0.176. The molecule has 1 aliphatic rings. The van der Waals surface area contributed by atoms with Crippen LogP contribution in [0.5, 0.6) is 0 Å². The van der Waals surface area contributed by atoms with Gasteiger partial charge in [-0.05, 0) is 31.0 Å². The minimum Gasteiger partial charge on any atom is -0.393 e. The van der Waals surface area contributed by atoms with Gasteiger partial charge in [0, 0.05) is 18.8 Å². The Morgan fingerprint density at radius 1 is 1.38 bits per heavy atom. The molecule has 0 radical (unpaired) electrons. The van der Waals surface area contributed by atoms with Gasteiger partial charge in [0.1, 0.15) is 6.07 Å². The van der Waals surface area contributed by atoms with Crippen LogP contribution in [0.3, 0.4) is 0 Å². The number of nitrogens with zero attached hydrogens (tertiary/aromatic N) is 2. The molecule has 0 atom stereocenters. The summed E-state index contributed by atoms with van der Waals surface area (Å²) in [4.78, 5) is 2.18. The van der Waals surface area contributed by atoms with Crippen LogP contribution in [-0.4, -0.2) is 24.3 Å². The normalized spacial score (nSPS) is 17.2. The first-order valence-electron chi connectivity index (χ1n) is 5.33. The Balaban J connectivity index is 2.16. The number of aliphatic hydroxyl groups is 1. The summed E-state index contributed by atoms with van der Waals surface area (Å²) in [6.07, 6.45) is 1.40. The van der Waals surface area contributed by atoms with Gasteiger partial charge in [0.05, 0.1) is 16.7 Å². The Kier molecular flexibility index (Phi) is 3.33. The summed E-state index contributed by atoms with van der Waals surface area (Å²) in [5.41, 5.74) is 1.53. The first-order valence-corrected chi connectivity index (χ1v) is 5.71. The largest absolute Gasteiger partial charge is 0.393 e. The molecule has 1 aromatic rings. The zero-order chi connectivity index (χ0) is 11.5.